The van der Waals surface area contributed by atoms with Gasteiger partial charge in [0.15, 0.2) is 0 Å². The minimum absolute atomic E-state index is 0. The van der Waals surface area contributed by atoms with Crippen LogP contribution in [0.25, 0.3) is 0 Å². The van der Waals surface area contributed by atoms with Gasteiger partial charge in [-0.15, -0.1) is 12.4 Å². The van der Waals surface area contributed by atoms with E-state index in [1.165, 1.54) is 0 Å². The molecule has 1 aromatic rings. The van der Waals surface area contributed by atoms with Gasteiger partial charge in [0.2, 0.25) is 11.8 Å². The van der Waals surface area contributed by atoms with Gasteiger partial charge in [0.05, 0.1) is 16.1 Å². The lowest BCUT2D eigenvalue weighted by atomic mass is 9.78. The maximum Gasteiger partial charge on any atom is 0.249 e. The zero-order valence-corrected chi connectivity index (χ0v) is 16.4. The fourth-order valence-corrected chi connectivity index (χ4v) is 3.95. The highest BCUT2D eigenvalue weighted by atomic mass is 35.5. The molecule has 6 nitrogen and oxygen atoms in total. The predicted molar refractivity (Wildman–Crippen MR) is 104 cm³/mol. The van der Waals surface area contributed by atoms with Gasteiger partial charge in [0, 0.05) is 33.4 Å². The summed E-state index contributed by atoms with van der Waals surface area (Å²) in [6.07, 6.45) is 1.78. The second kappa shape index (κ2) is 8.57. The van der Waals surface area contributed by atoms with Gasteiger partial charge < -0.3 is 20.3 Å². The van der Waals surface area contributed by atoms with Gasteiger partial charge in [-0.3, -0.25) is 9.59 Å². The Kier molecular flexibility index (Phi) is 6.91. The first-order valence-corrected chi connectivity index (χ1v) is 8.99. The lowest BCUT2D eigenvalue weighted by molar-refractivity contribution is -0.150. The number of halogens is 2. The molecular weight excluding hydrogens is 377 g/mol. The number of hydrogen-bond acceptors (Lipinski definition) is 4. The van der Waals surface area contributed by atoms with E-state index in [0.29, 0.717) is 49.7 Å². The Morgan fingerprint density at radius 2 is 2.04 bits per heavy atom. The highest BCUT2D eigenvalue weighted by molar-refractivity contribution is 6.34. The molecule has 1 atom stereocenters. The molecule has 1 unspecified atom stereocenters. The number of nitrogens with two attached hydrogens (primary N) is 1. The average Bonchev–Trinajstić information content (AvgIpc) is 3.02. The van der Waals surface area contributed by atoms with E-state index in [2.05, 4.69) is 0 Å². The maximum absolute atomic E-state index is 13.1. The molecule has 2 amide bonds. The first-order chi connectivity index (χ1) is 12.0. The Labute approximate surface area is 165 Å². The molecule has 144 valence electrons. The minimum Gasteiger partial charge on any atom is -0.381 e. The number of nitrogens with zero attached hydrogens (tertiary/aromatic N) is 2. The van der Waals surface area contributed by atoms with Crippen LogP contribution in [0.4, 0.5) is 5.69 Å². The number of hydrogen-bond donors (Lipinski definition) is 1. The number of benzene rings is 1. The van der Waals surface area contributed by atoms with Gasteiger partial charge in [-0.2, -0.15) is 0 Å². The number of amides is 2. The number of carbonyl (C=O) groups excluding carboxylic acids is 2. The van der Waals surface area contributed by atoms with Crippen molar-refractivity contribution in [3.63, 3.8) is 0 Å². The summed E-state index contributed by atoms with van der Waals surface area (Å²) in [5.74, 6) is -0.152. The van der Waals surface area contributed by atoms with E-state index in [1.807, 2.05) is 18.2 Å². The van der Waals surface area contributed by atoms with Crippen molar-refractivity contribution in [3.8, 4) is 0 Å². The van der Waals surface area contributed by atoms with E-state index in [0.717, 1.165) is 0 Å². The van der Waals surface area contributed by atoms with Crippen LogP contribution in [-0.4, -0.2) is 56.1 Å². The number of para-hydroxylation sites is 1. The van der Waals surface area contributed by atoms with Crippen molar-refractivity contribution in [2.75, 3.05) is 38.3 Å². The molecule has 2 heterocycles. The molecule has 2 fully saturated rings. The van der Waals surface area contributed by atoms with Crippen LogP contribution in [0.1, 0.15) is 19.3 Å². The molecule has 0 bridgehead atoms. The molecule has 0 radical (unpaired) electrons. The summed E-state index contributed by atoms with van der Waals surface area (Å²) in [6, 6.07) is 6.79. The standard InChI is InChI=1S/C18H24ClN3O3.ClH/c1-21(17(24)18(12-20)7-10-25-11-8-18)15-6-9-22(16(15)23)14-5-3-2-4-13(14)19;/h2-5,15H,6-12,20H2,1H3;1H. The Hall–Kier alpha value is -1.34. The maximum atomic E-state index is 13.1. The van der Waals surface area contributed by atoms with Crippen molar-refractivity contribution in [3.05, 3.63) is 29.3 Å². The van der Waals surface area contributed by atoms with Gasteiger partial charge in [0.25, 0.3) is 0 Å². The monoisotopic (exact) mass is 401 g/mol. The second-order valence-electron chi connectivity index (χ2n) is 6.76. The van der Waals surface area contributed by atoms with Crippen LogP contribution >= 0.6 is 24.0 Å². The fourth-order valence-electron chi connectivity index (χ4n) is 3.72. The number of anilines is 1. The Morgan fingerprint density at radius 1 is 1.38 bits per heavy atom. The van der Waals surface area contributed by atoms with Gasteiger partial charge in [0.1, 0.15) is 6.04 Å². The molecule has 0 saturated carbocycles. The van der Waals surface area contributed by atoms with Gasteiger partial charge in [-0.25, -0.2) is 0 Å². The van der Waals surface area contributed by atoms with Crippen LogP contribution in [0.15, 0.2) is 24.3 Å². The van der Waals surface area contributed by atoms with Crippen molar-refractivity contribution < 1.29 is 14.3 Å². The lowest BCUT2D eigenvalue weighted by Gasteiger charge is -2.39. The van der Waals surface area contributed by atoms with E-state index in [9.17, 15) is 9.59 Å². The van der Waals surface area contributed by atoms with Gasteiger partial charge in [-0.05, 0) is 31.4 Å². The summed E-state index contributed by atoms with van der Waals surface area (Å²) in [7, 11) is 1.70. The normalized spacial score (nSPS) is 22.0. The largest absolute Gasteiger partial charge is 0.381 e. The fraction of sp³-hybridized carbons (Fsp3) is 0.556. The van der Waals surface area contributed by atoms with E-state index in [-0.39, 0.29) is 30.8 Å². The highest BCUT2D eigenvalue weighted by Crippen LogP contribution is 2.34. The van der Waals surface area contributed by atoms with Crippen molar-refractivity contribution in [1.82, 2.24) is 4.90 Å². The third-order valence-electron chi connectivity index (χ3n) is 5.40. The van der Waals surface area contributed by atoms with Crippen LogP contribution < -0.4 is 10.6 Å². The summed E-state index contributed by atoms with van der Waals surface area (Å²) in [6.45, 7) is 1.88. The average molecular weight is 402 g/mol. The van der Waals surface area contributed by atoms with E-state index in [4.69, 9.17) is 22.1 Å². The first-order valence-electron chi connectivity index (χ1n) is 8.61. The molecular formula is C18H25Cl2N3O3. The smallest absolute Gasteiger partial charge is 0.249 e. The molecule has 0 aromatic heterocycles. The molecule has 26 heavy (non-hydrogen) atoms. The van der Waals surface area contributed by atoms with Crippen molar-refractivity contribution >= 4 is 41.5 Å². The molecule has 0 spiro atoms. The molecule has 0 aliphatic carbocycles. The Morgan fingerprint density at radius 3 is 2.65 bits per heavy atom. The SMILES string of the molecule is CN(C(=O)C1(CN)CCOCC1)C1CCN(c2ccccc2Cl)C1=O.Cl. The molecule has 1 aromatic carbocycles. The van der Waals surface area contributed by atoms with Crippen molar-refractivity contribution in [2.45, 2.75) is 25.3 Å². The lowest BCUT2D eigenvalue weighted by Crippen LogP contribution is -2.54. The number of rotatable bonds is 4. The summed E-state index contributed by atoms with van der Waals surface area (Å²) in [5.41, 5.74) is 6.00. The van der Waals surface area contributed by atoms with Crippen LogP contribution in [0.2, 0.25) is 5.02 Å². The zero-order valence-electron chi connectivity index (χ0n) is 14.8. The predicted octanol–water partition coefficient (Wildman–Crippen LogP) is 2.08. The number of likely N-dealkylation sites (N-methyl/N-ethyl adjacent to an activating group) is 1. The molecule has 2 N–H and O–H groups in total. The van der Waals surface area contributed by atoms with E-state index in [1.54, 1.807) is 22.9 Å². The number of carbonyl (C=O) groups is 2. The Bertz CT molecular complexity index is 665. The highest BCUT2D eigenvalue weighted by Gasteiger charge is 2.45. The quantitative estimate of drug-likeness (QED) is 0.837. The third kappa shape index (κ3) is 3.69. The number of ether oxygens (including phenoxy) is 1. The molecule has 2 aliphatic heterocycles. The summed E-state index contributed by atoms with van der Waals surface area (Å²) in [5, 5.41) is 0.535. The molecule has 2 saturated heterocycles. The Balaban J connectivity index is 0.00000243. The van der Waals surface area contributed by atoms with Crippen LogP contribution in [0.3, 0.4) is 0 Å². The summed E-state index contributed by atoms with van der Waals surface area (Å²) < 4.78 is 5.38. The second-order valence-corrected chi connectivity index (χ2v) is 7.17. The van der Waals surface area contributed by atoms with Crippen LogP contribution in [0.5, 0.6) is 0 Å². The molecule has 8 heteroatoms. The minimum atomic E-state index is -0.620. The topological polar surface area (TPSA) is 75.9 Å². The van der Waals surface area contributed by atoms with Crippen molar-refractivity contribution in [2.24, 2.45) is 11.1 Å². The summed E-state index contributed by atoms with van der Waals surface area (Å²) in [4.78, 5) is 29.2. The van der Waals surface area contributed by atoms with Crippen LogP contribution in [0, 0.1) is 5.41 Å². The van der Waals surface area contributed by atoms with Gasteiger partial charge in [-0.1, -0.05) is 23.7 Å². The summed E-state index contributed by atoms with van der Waals surface area (Å²) >= 11 is 6.22. The molecule has 2 aliphatic rings. The van der Waals surface area contributed by atoms with Crippen LogP contribution in [-0.2, 0) is 14.3 Å². The molecule has 3 rings (SSSR count). The van der Waals surface area contributed by atoms with Gasteiger partial charge >= 0.3 is 0 Å². The first kappa shape index (κ1) is 21.0. The van der Waals surface area contributed by atoms with E-state index >= 15 is 0 Å². The van der Waals surface area contributed by atoms with Crippen molar-refractivity contribution in [1.29, 1.82) is 0 Å². The third-order valence-corrected chi connectivity index (χ3v) is 5.72. The zero-order chi connectivity index (χ0) is 18.0. The van der Waals surface area contributed by atoms with E-state index < -0.39 is 11.5 Å².